The zero-order valence-corrected chi connectivity index (χ0v) is 23.1. The number of para-hydroxylation sites is 1. The first-order valence-corrected chi connectivity index (χ1v) is 13.9. The van der Waals surface area contributed by atoms with Gasteiger partial charge in [0.15, 0.2) is 0 Å². The Morgan fingerprint density at radius 3 is 1.97 bits per heavy atom. The fourth-order valence-corrected chi connectivity index (χ4v) is 5.51. The second kappa shape index (κ2) is 13.6. The van der Waals surface area contributed by atoms with Crippen LogP contribution < -0.4 is 4.90 Å². The lowest BCUT2D eigenvalue weighted by molar-refractivity contribution is 0.284. The van der Waals surface area contributed by atoms with Gasteiger partial charge >= 0.3 is 0 Å². The quantitative estimate of drug-likeness (QED) is 0.381. The van der Waals surface area contributed by atoms with Crippen LogP contribution in [0.2, 0.25) is 0 Å². The second-order valence-electron chi connectivity index (χ2n) is 10.9. The van der Waals surface area contributed by atoms with Crippen molar-refractivity contribution in [3.8, 4) is 0 Å². The van der Waals surface area contributed by atoms with Crippen LogP contribution in [0.5, 0.6) is 0 Å². The van der Waals surface area contributed by atoms with Gasteiger partial charge in [-0.2, -0.15) is 0 Å². The smallest absolute Gasteiger partial charge is 0.139 e. The molecule has 0 atom stereocenters. The summed E-state index contributed by atoms with van der Waals surface area (Å²) in [4.78, 5) is 10.8. The highest BCUT2D eigenvalue weighted by molar-refractivity contribution is 5.89. The minimum Gasteiger partial charge on any atom is -0.362 e. The van der Waals surface area contributed by atoms with E-state index in [2.05, 4.69) is 55.0 Å². The largest absolute Gasteiger partial charge is 0.362 e. The summed E-state index contributed by atoms with van der Waals surface area (Å²) in [6, 6.07) is 16.9. The Morgan fingerprint density at radius 2 is 1.40 bits per heavy atom. The van der Waals surface area contributed by atoms with Gasteiger partial charge in [-0.25, -0.2) is 9.97 Å². The molecule has 0 spiro atoms. The molecule has 2 aromatic carbocycles. The fourth-order valence-electron chi connectivity index (χ4n) is 5.51. The van der Waals surface area contributed by atoms with E-state index in [1.807, 2.05) is 50.2 Å². The van der Waals surface area contributed by atoms with Gasteiger partial charge in [-0.05, 0) is 60.8 Å². The van der Waals surface area contributed by atoms with E-state index in [1.165, 1.54) is 57.8 Å². The molecular weight excluding hydrogens is 426 g/mol. The summed E-state index contributed by atoms with van der Waals surface area (Å²) < 4.78 is 0. The lowest BCUT2D eigenvalue weighted by Crippen LogP contribution is -2.12. The topological polar surface area (TPSA) is 29.0 Å². The molecule has 5 rings (SSSR count). The summed E-state index contributed by atoms with van der Waals surface area (Å²) in [7, 11) is 3.99. The molecule has 1 aromatic heterocycles. The van der Waals surface area contributed by atoms with E-state index >= 15 is 0 Å². The molecule has 1 saturated carbocycles. The van der Waals surface area contributed by atoms with Crippen LogP contribution in [0.1, 0.15) is 82.7 Å². The van der Waals surface area contributed by atoms with Crippen molar-refractivity contribution in [3.63, 3.8) is 0 Å². The number of aromatic nitrogens is 2. The van der Waals surface area contributed by atoms with Gasteiger partial charge in [0, 0.05) is 19.5 Å². The predicted molar refractivity (Wildman–Crippen MR) is 152 cm³/mol. The van der Waals surface area contributed by atoms with Gasteiger partial charge in [-0.15, -0.1) is 0 Å². The number of rotatable bonds is 4. The number of benzene rings is 2. The highest BCUT2D eigenvalue weighted by Gasteiger charge is 2.19. The third kappa shape index (κ3) is 8.05. The molecule has 190 valence electrons. The molecular formula is C32H47N3. The lowest BCUT2D eigenvalue weighted by Gasteiger charge is -2.24. The maximum Gasteiger partial charge on any atom is 0.139 e. The van der Waals surface area contributed by atoms with E-state index < -0.39 is 0 Å². The van der Waals surface area contributed by atoms with Crippen LogP contribution in [-0.4, -0.2) is 24.1 Å². The standard InChI is InChI=1S/C12H16.C11H13N3.C9H18/c1-2-5-10-8-11-6-3-4-7-12(11)9-10;1-8-12-10-7-5-4-6-9(10)11(13-8)14(2)3;1-3-9-6-4-8(2)5-7-9/h3-4,6-7,10H,2,5,8-9H2,1H3;4-7H,1-3H3;8-9H,3-7H2,1-2H3. The second-order valence-corrected chi connectivity index (χ2v) is 10.9. The average molecular weight is 474 g/mol. The molecule has 1 heterocycles. The van der Waals surface area contributed by atoms with Gasteiger partial charge in [0.05, 0.1) is 5.52 Å². The molecule has 2 aliphatic carbocycles. The number of hydrogen-bond acceptors (Lipinski definition) is 3. The fraction of sp³-hybridized carbons (Fsp3) is 0.562. The molecule has 0 aliphatic heterocycles. The average Bonchev–Trinajstić information content (AvgIpc) is 3.27. The maximum absolute atomic E-state index is 4.42. The van der Waals surface area contributed by atoms with Crippen LogP contribution in [0.3, 0.4) is 0 Å². The van der Waals surface area contributed by atoms with Gasteiger partial charge in [-0.1, -0.05) is 102 Å². The summed E-state index contributed by atoms with van der Waals surface area (Å²) in [6.45, 7) is 8.90. The minimum atomic E-state index is 0.812. The van der Waals surface area contributed by atoms with Gasteiger partial charge in [0.25, 0.3) is 0 Å². The van der Waals surface area contributed by atoms with Crippen molar-refractivity contribution in [1.82, 2.24) is 9.97 Å². The van der Waals surface area contributed by atoms with E-state index in [1.54, 1.807) is 11.1 Å². The number of fused-ring (bicyclic) bond motifs is 2. The number of hydrogen-bond donors (Lipinski definition) is 0. The molecule has 3 aromatic rings. The van der Waals surface area contributed by atoms with Crippen molar-refractivity contribution in [1.29, 1.82) is 0 Å². The number of nitrogens with zero attached hydrogens (tertiary/aromatic N) is 3. The van der Waals surface area contributed by atoms with Crippen LogP contribution in [-0.2, 0) is 12.8 Å². The molecule has 3 nitrogen and oxygen atoms in total. The van der Waals surface area contributed by atoms with E-state index in [0.717, 1.165) is 40.3 Å². The highest BCUT2D eigenvalue weighted by Crippen LogP contribution is 2.30. The molecule has 35 heavy (non-hydrogen) atoms. The SMILES string of the molecule is CCC1CCC(C)CC1.CCCC1Cc2ccccc2C1.Cc1nc(N(C)C)c2ccccc2n1. The Balaban J connectivity index is 0.000000150. The Morgan fingerprint density at radius 1 is 0.800 bits per heavy atom. The Bertz CT molecular complexity index is 1010. The Hall–Kier alpha value is -2.42. The zero-order chi connectivity index (χ0) is 25.2. The lowest BCUT2D eigenvalue weighted by atomic mass is 9.82. The van der Waals surface area contributed by atoms with E-state index in [4.69, 9.17) is 0 Å². The Labute approximate surface area is 214 Å². The van der Waals surface area contributed by atoms with Crippen LogP contribution >= 0.6 is 0 Å². The monoisotopic (exact) mass is 473 g/mol. The van der Waals surface area contributed by atoms with Crippen molar-refractivity contribution in [2.45, 2.75) is 85.5 Å². The molecule has 0 saturated heterocycles. The van der Waals surface area contributed by atoms with Crippen LogP contribution in [0.25, 0.3) is 10.9 Å². The van der Waals surface area contributed by atoms with E-state index in [0.29, 0.717) is 0 Å². The highest BCUT2D eigenvalue weighted by atomic mass is 15.1. The minimum absolute atomic E-state index is 0.812. The van der Waals surface area contributed by atoms with Gasteiger partial charge in [0.1, 0.15) is 11.6 Å². The summed E-state index contributed by atoms with van der Waals surface area (Å²) >= 11 is 0. The van der Waals surface area contributed by atoms with Crippen molar-refractivity contribution in [2.24, 2.45) is 17.8 Å². The summed E-state index contributed by atoms with van der Waals surface area (Å²) in [5.41, 5.74) is 4.19. The van der Waals surface area contributed by atoms with Crippen molar-refractivity contribution in [2.75, 3.05) is 19.0 Å². The predicted octanol–water partition coefficient (Wildman–Crippen LogP) is 8.43. The van der Waals surface area contributed by atoms with E-state index in [-0.39, 0.29) is 0 Å². The molecule has 0 unspecified atom stereocenters. The molecule has 0 amide bonds. The maximum atomic E-state index is 4.42. The third-order valence-corrected chi connectivity index (χ3v) is 7.66. The summed E-state index contributed by atoms with van der Waals surface area (Å²) in [5, 5.41) is 1.10. The van der Waals surface area contributed by atoms with Crippen molar-refractivity contribution >= 4 is 16.7 Å². The number of aryl methyl sites for hydroxylation is 1. The van der Waals surface area contributed by atoms with E-state index in [9.17, 15) is 0 Å². The third-order valence-electron chi connectivity index (χ3n) is 7.66. The van der Waals surface area contributed by atoms with Crippen LogP contribution in [0.15, 0.2) is 48.5 Å². The normalized spacial score (nSPS) is 19.3. The van der Waals surface area contributed by atoms with Gasteiger partial charge in [-0.3, -0.25) is 0 Å². The molecule has 0 N–H and O–H groups in total. The zero-order valence-electron chi connectivity index (χ0n) is 23.1. The van der Waals surface area contributed by atoms with Gasteiger partial charge in [0.2, 0.25) is 0 Å². The first-order chi connectivity index (χ1) is 16.9. The molecule has 1 fully saturated rings. The van der Waals surface area contributed by atoms with Crippen molar-refractivity contribution < 1.29 is 0 Å². The first-order valence-electron chi connectivity index (χ1n) is 13.9. The number of anilines is 1. The van der Waals surface area contributed by atoms with Crippen molar-refractivity contribution in [3.05, 3.63) is 65.5 Å². The Kier molecular flexibility index (Phi) is 10.6. The van der Waals surface area contributed by atoms with Crippen LogP contribution in [0.4, 0.5) is 5.82 Å². The van der Waals surface area contributed by atoms with Crippen LogP contribution in [0, 0.1) is 24.7 Å². The molecule has 3 heteroatoms. The molecule has 0 radical (unpaired) electrons. The van der Waals surface area contributed by atoms with Gasteiger partial charge < -0.3 is 4.90 Å². The first kappa shape index (κ1) is 27.2. The molecule has 0 bridgehead atoms. The summed E-state index contributed by atoms with van der Waals surface area (Å²) in [6.07, 6.45) is 12.8. The molecule has 2 aliphatic rings. The summed E-state index contributed by atoms with van der Waals surface area (Å²) in [5.74, 6) is 4.82.